The summed E-state index contributed by atoms with van der Waals surface area (Å²) in [6.45, 7) is 0.667. The molecule has 0 aromatic carbocycles. The SMILES string of the molecule is O=C(O)[C@@H]1CCCN1NC(O)CCS. The monoisotopic (exact) mass is 220 g/mol. The van der Waals surface area contributed by atoms with E-state index in [-0.39, 0.29) is 0 Å². The molecule has 5 nitrogen and oxygen atoms in total. The Labute approximate surface area is 88.5 Å². The van der Waals surface area contributed by atoms with Crippen LogP contribution in [0.25, 0.3) is 0 Å². The Hall–Kier alpha value is -0.300. The molecule has 1 aliphatic rings. The van der Waals surface area contributed by atoms with E-state index < -0.39 is 18.2 Å². The van der Waals surface area contributed by atoms with Gasteiger partial charge in [0.15, 0.2) is 0 Å². The van der Waals surface area contributed by atoms with Crippen molar-refractivity contribution in [2.45, 2.75) is 31.5 Å². The number of hydrazine groups is 1. The van der Waals surface area contributed by atoms with Crippen LogP contribution in [0.1, 0.15) is 19.3 Å². The van der Waals surface area contributed by atoms with E-state index in [0.29, 0.717) is 25.1 Å². The summed E-state index contributed by atoms with van der Waals surface area (Å²) in [5.74, 6) is -0.271. The molecular weight excluding hydrogens is 204 g/mol. The van der Waals surface area contributed by atoms with Crippen LogP contribution in [0.3, 0.4) is 0 Å². The van der Waals surface area contributed by atoms with Gasteiger partial charge in [-0.05, 0) is 25.0 Å². The zero-order valence-corrected chi connectivity index (χ0v) is 8.78. The number of carbonyl (C=O) groups is 1. The Kier molecular flexibility index (Phi) is 4.67. The molecule has 1 rings (SSSR count). The molecule has 82 valence electrons. The van der Waals surface area contributed by atoms with Crippen molar-refractivity contribution >= 4 is 18.6 Å². The second-order valence-corrected chi connectivity index (χ2v) is 3.79. The number of nitrogens with one attached hydrogen (secondary N) is 1. The van der Waals surface area contributed by atoms with Crippen LogP contribution >= 0.6 is 12.6 Å². The smallest absolute Gasteiger partial charge is 0.322 e. The van der Waals surface area contributed by atoms with E-state index in [1.54, 1.807) is 5.01 Å². The summed E-state index contributed by atoms with van der Waals surface area (Å²) < 4.78 is 0. The topological polar surface area (TPSA) is 72.8 Å². The van der Waals surface area contributed by atoms with E-state index in [1.807, 2.05) is 0 Å². The molecule has 0 bridgehead atoms. The average Bonchev–Trinajstić information content (AvgIpc) is 2.52. The highest BCUT2D eigenvalue weighted by Gasteiger charge is 2.31. The molecule has 0 aromatic rings. The summed E-state index contributed by atoms with van der Waals surface area (Å²) in [5, 5.41) is 19.9. The molecule has 6 heteroatoms. The van der Waals surface area contributed by atoms with E-state index in [2.05, 4.69) is 18.1 Å². The number of thiol groups is 1. The normalized spacial score (nSPS) is 25.1. The zero-order chi connectivity index (χ0) is 10.6. The Morgan fingerprint density at radius 2 is 2.43 bits per heavy atom. The summed E-state index contributed by atoms with van der Waals surface area (Å²) in [4.78, 5) is 10.8. The lowest BCUT2D eigenvalue weighted by atomic mass is 10.2. The molecule has 0 aliphatic carbocycles. The van der Waals surface area contributed by atoms with Crippen molar-refractivity contribution in [1.82, 2.24) is 10.4 Å². The molecule has 3 N–H and O–H groups in total. The molecule has 1 saturated heterocycles. The van der Waals surface area contributed by atoms with Crippen molar-refractivity contribution < 1.29 is 15.0 Å². The van der Waals surface area contributed by atoms with Crippen LogP contribution in [-0.2, 0) is 4.79 Å². The molecule has 0 amide bonds. The first-order valence-corrected chi connectivity index (χ1v) is 5.33. The molecule has 1 heterocycles. The third kappa shape index (κ3) is 3.13. The van der Waals surface area contributed by atoms with Crippen LogP contribution in [0.5, 0.6) is 0 Å². The molecule has 14 heavy (non-hydrogen) atoms. The standard InChI is InChI=1S/C8H16N2O3S/c11-7(3-5-14)9-10-4-1-2-6(10)8(12)13/h6-7,9,11,14H,1-5H2,(H,12,13)/t6-,7?/m0/s1. The number of carboxylic acids is 1. The van der Waals surface area contributed by atoms with Gasteiger partial charge in [0.1, 0.15) is 12.3 Å². The van der Waals surface area contributed by atoms with E-state index in [0.717, 1.165) is 6.42 Å². The zero-order valence-electron chi connectivity index (χ0n) is 7.89. The van der Waals surface area contributed by atoms with Crippen LogP contribution in [-0.4, -0.2) is 45.8 Å². The fourth-order valence-corrected chi connectivity index (χ4v) is 1.80. The summed E-state index contributed by atoms with van der Waals surface area (Å²) in [5.41, 5.74) is 2.77. The number of rotatable bonds is 5. The Morgan fingerprint density at radius 1 is 1.71 bits per heavy atom. The van der Waals surface area contributed by atoms with Gasteiger partial charge in [0.25, 0.3) is 0 Å². The first-order valence-electron chi connectivity index (χ1n) is 4.69. The lowest BCUT2D eigenvalue weighted by molar-refractivity contribution is -0.144. The number of hydrogen-bond acceptors (Lipinski definition) is 5. The van der Waals surface area contributed by atoms with Gasteiger partial charge in [-0.1, -0.05) is 0 Å². The summed E-state index contributed by atoms with van der Waals surface area (Å²) >= 11 is 3.98. The fraction of sp³-hybridized carbons (Fsp3) is 0.875. The van der Waals surface area contributed by atoms with Gasteiger partial charge in [-0.25, -0.2) is 10.4 Å². The van der Waals surface area contributed by atoms with Crippen molar-refractivity contribution in [3.63, 3.8) is 0 Å². The third-order valence-electron chi connectivity index (χ3n) is 2.26. The molecule has 1 unspecified atom stereocenters. The highest BCUT2D eigenvalue weighted by molar-refractivity contribution is 7.80. The molecular formula is C8H16N2O3S. The molecule has 1 aliphatic heterocycles. The second-order valence-electron chi connectivity index (χ2n) is 3.35. The molecule has 1 fully saturated rings. The van der Waals surface area contributed by atoms with E-state index in [9.17, 15) is 9.90 Å². The number of carboxylic acid groups (broad SMARTS) is 1. The lowest BCUT2D eigenvalue weighted by Crippen LogP contribution is -2.50. The van der Waals surface area contributed by atoms with Gasteiger partial charge >= 0.3 is 5.97 Å². The molecule has 2 atom stereocenters. The van der Waals surface area contributed by atoms with Crippen molar-refractivity contribution in [3.05, 3.63) is 0 Å². The molecule has 0 spiro atoms. The Bertz CT molecular complexity index is 203. The van der Waals surface area contributed by atoms with Gasteiger partial charge in [0.05, 0.1) is 0 Å². The minimum absolute atomic E-state index is 0.506. The van der Waals surface area contributed by atoms with Gasteiger partial charge in [-0.2, -0.15) is 12.6 Å². The summed E-state index contributed by atoms with van der Waals surface area (Å²) in [6, 6.07) is -0.510. The van der Waals surface area contributed by atoms with E-state index >= 15 is 0 Å². The first kappa shape index (κ1) is 11.8. The number of aliphatic carboxylic acids is 1. The molecule has 0 saturated carbocycles. The van der Waals surface area contributed by atoms with Crippen LogP contribution in [0.4, 0.5) is 0 Å². The van der Waals surface area contributed by atoms with Gasteiger partial charge < -0.3 is 10.2 Å². The van der Waals surface area contributed by atoms with Crippen LogP contribution in [0.15, 0.2) is 0 Å². The highest BCUT2D eigenvalue weighted by Crippen LogP contribution is 2.15. The predicted molar refractivity (Wildman–Crippen MR) is 55.0 cm³/mol. The number of hydrogen-bond donors (Lipinski definition) is 4. The molecule has 0 radical (unpaired) electrons. The maximum absolute atomic E-state index is 10.8. The Morgan fingerprint density at radius 3 is 3.00 bits per heavy atom. The lowest BCUT2D eigenvalue weighted by Gasteiger charge is -2.25. The Balaban J connectivity index is 2.39. The van der Waals surface area contributed by atoms with Crippen molar-refractivity contribution in [2.75, 3.05) is 12.3 Å². The van der Waals surface area contributed by atoms with Crippen LogP contribution < -0.4 is 5.43 Å². The summed E-state index contributed by atoms with van der Waals surface area (Å²) in [7, 11) is 0. The maximum Gasteiger partial charge on any atom is 0.322 e. The van der Waals surface area contributed by atoms with E-state index in [1.165, 1.54) is 0 Å². The maximum atomic E-state index is 10.8. The van der Waals surface area contributed by atoms with Crippen molar-refractivity contribution in [2.24, 2.45) is 0 Å². The fourth-order valence-electron chi connectivity index (χ4n) is 1.56. The van der Waals surface area contributed by atoms with Gasteiger partial charge in [0, 0.05) is 6.54 Å². The predicted octanol–water partition coefficient (Wildman–Crippen LogP) is -0.322. The third-order valence-corrected chi connectivity index (χ3v) is 2.51. The van der Waals surface area contributed by atoms with Gasteiger partial charge in [-0.3, -0.25) is 4.79 Å². The summed E-state index contributed by atoms with van der Waals surface area (Å²) in [6.07, 6.45) is 1.28. The molecule has 0 aromatic heterocycles. The number of aliphatic hydroxyl groups is 1. The van der Waals surface area contributed by atoms with Crippen molar-refractivity contribution in [1.29, 1.82) is 0 Å². The van der Waals surface area contributed by atoms with E-state index in [4.69, 9.17) is 5.11 Å². The average molecular weight is 220 g/mol. The number of aliphatic hydroxyl groups excluding tert-OH is 1. The van der Waals surface area contributed by atoms with Gasteiger partial charge in [0.2, 0.25) is 0 Å². The highest BCUT2D eigenvalue weighted by atomic mass is 32.1. The number of nitrogens with zero attached hydrogens (tertiary/aromatic N) is 1. The minimum atomic E-state index is -0.840. The minimum Gasteiger partial charge on any atom is -0.480 e. The van der Waals surface area contributed by atoms with Crippen LogP contribution in [0.2, 0.25) is 0 Å². The second kappa shape index (κ2) is 5.55. The first-order chi connectivity index (χ1) is 6.65. The van der Waals surface area contributed by atoms with Crippen LogP contribution in [0, 0.1) is 0 Å². The quantitative estimate of drug-likeness (QED) is 0.377. The van der Waals surface area contributed by atoms with Crippen molar-refractivity contribution in [3.8, 4) is 0 Å². The largest absolute Gasteiger partial charge is 0.480 e. The van der Waals surface area contributed by atoms with Gasteiger partial charge in [-0.15, -0.1) is 0 Å².